The summed E-state index contributed by atoms with van der Waals surface area (Å²) in [5, 5.41) is 14.3. The van der Waals surface area contributed by atoms with Crippen LogP contribution in [-0.4, -0.2) is 25.7 Å². The van der Waals surface area contributed by atoms with Crippen LogP contribution in [0.15, 0.2) is 18.2 Å². The monoisotopic (exact) mass is 363 g/mol. The molecule has 24 heavy (non-hydrogen) atoms. The van der Waals surface area contributed by atoms with Gasteiger partial charge >= 0.3 is 5.97 Å². The smallest absolute Gasteiger partial charge is 0.337 e. The summed E-state index contributed by atoms with van der Waals surface area (Å²) in [5.41, 5.74) is 4.92. The Balaban J connectivity index is 2.14. The first kappa shape index (κ1) is 16.7. The number of aryl methyl sites for hydroxylation is 3. The Kier molecular flexibility index (Phi) is 4.24. The Bertz CT molecular complexity index is 980. The van der Waals surface area contributed by atoms with E-state index in [4.69, 9.17) is 23.2 Å². The third-order valence-electron chi connectivity index (χ3n) is 3.97. The molecule has 2 aromatic heterocycles. The van der Waals surface area contributed by atoms with Crippen molar-refractivity contribution in [3.8, 4) is 0 Å². The summed E-state index contributed by atoms with van der Waals surface area (Å²) in [4.78, 5) is 15.9. The summed E-state index contributed by atoms with van der Waals surface area (Å²) in [6.45, 7) is 5.82. The topological polar surface area (TPSA) is 67.5 Å². The summed E-state index contributed by atoms with van der Waals surface area (Å²) in [7, 11) is 0. The van der Waals surface area contributed by atoms with Crippen LogP contribution in [0.4, 0.5) is 0 Å². The van der Waals surface area contributed by atoms with E-state index in [1.165, 1.54) is 6.07 Å². The quantitative estimate of drug-likeness (QED) is 0.755. The van der Waals surface area contributed by atoms with E-state index >= 15 is 0 Å². The van der Waals surface area contributed by atoms with Crippen molar-refractivity contribution in [1.82, 2.24) is 14.6 Å². The third-order valence-corrected chi connectivity index (χ3v) is 4.76. The normalized spacial score (nSPS) is 11.2. The predicted octanol–water partition coefficient (Wildman–Crippen LogP) is 4.25. The molecular formula is C17H15Cl2N3O2. The van der Waals surface area contributed by atoms with Gasteiger partial charge in [-0.2, -0.15) is 5.10 Å². The SMILES string of the molecule is Cc1cc(C)c2nc(Cc3c(Cl)ccc(C(=O)O)c3Cl)c(C)n2n1. The van der Waals surface area contributed by atoms with Gasteiger partial charge in [0.05, 0.1) is 27.7 Å². The van der Waals surface area contributed by atoms with Gasteiger partial charge in [-0.25, -0.2) is 14.3 Å². The number of aromatic nitrogens is 3. The minimum Gasteiger partial charge on any atom is -0.478 e. The summed E-state index contributed by atoms with van der Waals surface area (Å²) in [6.07, 6.45) is 0.340. The number of carboxylic acids is 1. The molecule has 1 aromatic carbocycles. The Hall–Kier alpha value is -2.11. The van der Waals surface area contributed by atoms with Crippen molar-refractivity contribution >= 4 is 34.8 Å². The molecule has 124 valence electrons. The first-order valence-electron chi connectivity index (χ1n) is 7.32. The zero-order chi connectivity index (χ0) is 17.6. The number of rotatable bonds is 3. The molecule has 0 saturated heterocycles. The van der Waals surface area contributed by atoms with Crippen LogP contribution < -0.4 is 0 Å². The van der Waals surface area contributed by atoms with Crippen molar-refractivity contribution in [2.45, 2.75) is 27.2 Å². The molecule has 5 nitrogen and oxygen atoms in total. The zero-order valence-electron chi connectivity index (χ0n) is 13.4. The number of aromatic carboxylic acids is 1. The van der Waals surface area contributed by atoms with E-state index in [9.17, 15) is 9.90 Å². The van der Waals surface area contributed by atoms with Gasteiger partial charge in [0.25, 0.3) is 0 Å². The fraction of sp³-hybridized carbons (Fsp3) is 0.235. The lowest BCUT2D eigenvalue weighted by Crippen LogP contribution is -2.02. The molecule has 0 aliphatic carbocycles. The molecule has 0 aliphatic rings. The number of imidazole rings is 1. The summed E-state index contributed by atoms with van der Waals surface area (Å²) in [5.74, 6) is -1.09. The number of benzene rings is 1. The van der Waals surface area contributed by atoms with Crippen molar-refractivity contribution in [2.75, 3.05) is 0 Å². The van der Waals surface area contributed by atoms with Gasteiger partial charge in [0.15, 0.2) is 5.65 Å². The van der Waals surface area contributed by atoms with Gasteiger partial charge in [-0.15, -0.1) is 0 Å². The van der Waals surface area contributed by atoms with Crippen molar-refractivity contribution < 1.29 is 9.90 Å². The lowest BCUT2D eigenvalue weighted by atomic mass is 10.1. The minimum absolute atomic E-state index is 0.0302. The molecule has 7 heteroatoms. The molecule has 0 aliphatic heterocycles. The number of nitrogens with zero attached hydrogens (tertiary/aromatic N) is 3. The van der Waals surface area contributed by atoms with Crippen LogP contribution in [-0.2, 0) is 6.42 Å². The molecule has 0 saturated carbocycles. The maximum Gasteiger partial charge on any atom is 0.337 e. The van der Waals surface area contributed by atoms with Gasteiger partial charge in [-0.1, -0.05) is 23.2 Å². The van der Waals surface area contributed by atoms with Crippen LogP contribution in [0.2, 0.25) is 10.0 Å². The fourth-order valence-corrected chi connectivity index (χ4v) is 3.32. The highest BCUT2D eigenvalue weighted by Gasteiger charge is 2.19. The Morgan fingerprint density at radius 2 is 1.96 bits per heavy atom. The number of hydrogen-bond acceptors (Lipinski definition) is 3. The standard InChI is InChI=1S/C17H15Cl2N3O2/c1-8-6-9(2)21-22-10(3)14(20-16(8)22)7-12-13(18)5-4-11(15(12)19)17(23)24/h4-6H,7H2,1-3H3,(H,23,24). The van der Waals surface area contributed by atoms with Crippen LogP contribution >= 0.6 is 23.2 Å². The molecule has 3 aromatic rings. The molecule has 3 rings (SSSR count). The number of halogens is 2. The van der Waals surface area contributed by atoms with Crippen LogP contribution in [0.1, 0.15) is 38.6 Å². The average Bonchev–Trinajstić information content (AvgIpc) is 2.80. The third kappa shape index (κ3) is 2.74. The van der Waals surface area contributed by atoms with Crippen molar-refractivity contribution in [2.24, 2.45) is 0 Å². The highest BCUT2D eigenvalue weighted by molar-refractivity contribution is 6.37. The second-order valence-electron chi connectivity index (χ2n) is 5.72. The van der Waals surface area contributed by atoms with Gasteiger partial charge in [0, 0.05) is 11.4 Å². The summed E-state index contributed by atoms with van der Waals surface area (Å²) < 4.78 is 1.79. The number of fused-ring (bicyclic) bond motifs is 1. The molecule has 2 heterocycles. The van der Waals surface area contributed by atoms with E-state index < -0.39 is 5.97 Å². The summed E-state index contributed by atoms with van der Waals surface area (Å²) in [6, 6.07) is 4.92. The molecular weight excluding hydrogens is 349 g/mol. The molecule has 0 radical (unpaired) electrons. The number of carboxylic acid groups (broad SMARTS) is 1. The molecule has 1 N–H and O–H groups in total. The van der Waals surface area contributed by atoms with Crippen molar-refractivity contribution in [1.29, 1.82) is 0 Å². The van der Waals surface area contributed by atoms with E-state index in [-0.39, 0.29) is 10.6 Å². The van der Waals surface area contributed by atoms with Gasteiger partial charge in [0.1, 0.15) is 0 Å². The highest BCUT2D eigenvalue weighted by atomic mass is 35.5. The zero-order valence-corrected chi connectivity index (χ0v) is 14.9. The second kappa shape index (κ2) is 6.07. The maximum absolute atomic E-state index is 11.3. The van der Waals surface area contributed by atoms with Gasteiger partial charge in [0.2, 0.25) is 0 Å². The van der Waals surface area contributed by atoms with E-state index in [0.29, 0.717) is 17.0 Å². The van der Waals surface area contributed by atoms with Crippen LogP contribution in [0.3, 0.4) is 0 Å². The van der Waals surface area contributed by atoms with E-state index in [2.05, 4.69) is 10.1 Å². The molecule has 0 fully saturated rings. The molecule has 0 unspecified atom stereocenters. The summed E-state index contributed by atoms with van der Waals surface area (Å²) >= 11 is 12.5. The van der Waals surface area contributed by atoms with E-state index in [1.807, 2.05) is 26.8 Å². The maximum atomic E-state index is 11.3. The van der Waals surface area contributed by atoms with Gasteiger partial charge < -0.3 is 5.11 Å². The average molecular weight is 364 g/mol. The first-order valence-corrected chi connectivity index (χ1v) is 8.07. The largest absolute Gasteiger partial charge is 0.478 e. The lowest BCUT2D eigenvalue weighted by Gasteiger charge is -2.08. The Morgan fingerprint density at radius 1 is 1.25 bits per heavy atom. The van der Waals surface area contributed by atoms with Gasteiger partial charge in [-0.3, -0.25) is 0 Å². The van der Waals surface area contributed by atoms with Crippen LogP contribution in [0.5, 0.6) is 0 Å². The first-order chi connectivity index (χ1) is 11.3. The molecule has 0 bridgehead atoms. The highest BCUT2D eigenvalue weighted by Crippen LogP contribution is 2.31. The molecule has 0 amide bonds. The van der Waals surface area contributed by atoms with Crippen molar-refractivity contribution in [3.05, 3.63) is 62.0 Å². The second-order valence-corrected chi connectivity index (χ2v) is 6.50. The molecule has 0 atom stereocenters. The molecule has 0 spiro atoms. The predicted molar refractivity (Wildman–Crippen MR) is 93.4 cm³/mol. The Morgan fingerprint density at radius 3 is 2.62 bits per heavy atom. The number of hydrogen-bond donors (Lipinski definition) is 1. The lowest BCUT2D eigenvalue weighted by molar-refractivity contribution is 0.0697. The van der Waals surface area contributed by atoms with E-state index in [0.717, 1.165) is 28.3 Å². The van der Waals surface area contributed by atoms with Crippen LogP contribution in [0.25, 0.3) is 5.65 Å². The Labute approximate surface area is 148 Å². The van der Waals surface area contributed by atoms with E-state index in [1.54, 1.807) is 10.6 Å². The minimum atomic E-state index is -1.09. The van der Waals surface area contributed by atoms with Crippen molar-refractivity contribution in [3.63, 3.8) is 0 Å². The number of carbonyl (C=O) groups is 1. The van der Waals surface area contributed by atoms with Gasteiger partial charge in [-0.05, 0) is 50.1 Å². The fourth-order valence-electron chi connectivity index (χ4n) is 2.74. The van der Waals surface area contributed by atoms with Crippen LogP contribution in [0, 0.1) is 20.8 Å².